The number of para-hydroxylation sites is 1. The van der Waals surface area contributed by atoms with Crippen LogP contribution in [-0.2, 0) is 16.4 Å². The number of carbonyl (C=O) groups excluding carboxylic acids is 1. The molecule has 0 radical (unpaired) electrons. The summed E-state index contributed by atoms with van der Waals surface area (Å²) in [4.78, 5) is 12.4. The number of sulfonamides is 1. The highest BCUT2D eigenvalue weighted by molar-refractivity contribution is 7.92. The lowest BCUT2D eigenvalue weighted by molar-refractivity contribution is 0.0955. The zero-order valence-electron chi connectivity index (χ0n) is 13.2. The number of rotatable bonds is 6. The first-order valence-corrected chi connectivity index (χ1v) is 9.09. The fourth-order valence-electron chi connectivity index (χ4n) is 2.18. The Bertz CT molecular complexity index is 773. The van der Waals surface area contributed by atoms with Gasteiger partial charge in [-0.1, -0.05) is 42.5 Å². The van der Waals surface area contributed by atoms with Gasteiger partial charge in [0, 0.05) is 13.6 Å². The summed E-state index contributed by atoms with van der Waals surface area (Å²) in [6.07, 6.45) is 1.83. The summed E-state index contributed by atoms with van der Waals surface area (Å²) >= 11 is 0. The minimum absolute atomic E-state index is 0.285. The summed E-state index contributed by atoms with van der Waals surface area (Å²) < 4.78 is 24.5. The van der Waals surface area contributed by atoms with Gasteiger partial charge in [0.05, 0.1) is 17.5 Å². The standard InChI is InChI=1S/C17H20N2O3S/c1-19(23(2,21)22)16-11-7-6-10-15(16)17(20)18-13-12-14-8-4-3-5-9-14/h3-11H,12-13H2,1-2H3,(H,18,20). The molecular formula is C17H20N2O3S. The van der Waals surface area contributed by atoms with Crippen LogP contribution in [0.3, 0.4) is 0 Å². The topological polar surface area (TPSA) is 66.5 Å². The second-order valence-corrected chi connectivity index (χ2v) is 7.25. The van der Waals surface area contributed by atoms with E-state index in [2.05, 4.69) is 5.32 Å². The maximum atomic E-state index is 12.4. The second-order valence-electron chi connectivity index (χ2n) is 5.24. The van der Waals surface area contributed by atoms with E-state index in [9.17, 15) is 13.2 Å². The van der Waals surface area contributed by atoms with Crippen LogP contribution < -0.4 is 9.62 Å². The van der Waals surface area contributed by atoms with Gasteiger partial charge >= 0.3 is 0 Å². The first kappa shape index (κ1) is 17.0. The summed E-state index contributed by atoms with van der Waals surface area (Å²) in [5.41, 5.74) is 1.84. The molecule has 0 aliphatic rings. The lowest BCUT2D eigenvalue weighted by atomic mass is 10.1. The molecule has 0 fully saturated rings. The predicted octanol–water partition coefficient (Wildman–Crippen LogP) is 2.05. The number of nitrogens with one attached hydrogen (secondary N) is 1. The van der Waals surface area contributed by atoms with E-state index in [0.717, 1.165) is 22.5 Å². The summed E-state index contributed by atoms with van der Waals surface area (Å²) in [5.74, 6) is -0.285. The maximum absolute atomic E-state index is 12.4. The number of hydrogen-bond donors (Lipinski definition) is 1. The molecule has 5 nitrogen and oxygen atoms in total. The van der Waals surface area contributed by atoms with Crippen LogP contribution >= 0.6 is 0 Å². The minimum Gasteiger partial charge on any atom is -0.352 e. The van der Waals surface area contributed by atoms with Crippen molar-refractivity contribution in [3.05, 3.63) is 65.7 Å². The molecule has 1 amide bonds. The minimum atomic E-state index is -3.42. The van der Waals surface area contributed by atoms with Crippen molar-refractivity contribution in [3.63, 3.8) is 0 Å². The van der Waals surface area contributed by atoms with Gasteiger partial charge < -0.3 is 5.32 Å². The van der Waals surface area contributed by atoms with Crippen molar-refractivity contribution in [3.8, 4) is 0 Å². The molecule has 2 aromatic rings. The fourth-order valence-corrected chi connectivity index (χ4v) is 2.70. The van der Waals surface area contributed by atoms with Crippen molar-refractivity contribution in [1.29, 1.82) is 0 Å². The van der Waals surface area contributed by atoms with Crippen LogP contribution in [0.5, 0.6) is 0 Å². The monoisotopic (exact) mass is 332 g/mol. The number of benzene rings is 2. The van der Waals surface area contributed by atoms with E-state index in [1.807, 2.05) is 30.3 Å². The highest BCUT2D eigenvalue weighted by Crippen LogP contribution is 2.21. The highest BCUT2D eigenvalue weighted by Gasteiger charge is 2.18. The Morgan fingerprint density at radius 3 is 2.30 bits per heavy atom. The second kappa shape index (κ2) is 7.28. The van der Waals surface area contributed by atoms with Crippen LogP contribution in [0.2, 0.25) is 0 Å². The molecule has 0 unspecified atom stereocenters. The number of nitrogens with zero attached hydrogens (tertiary/aromatic N) is 1. The molecule has 0 aliphatic heterocycles. The molecule has 0 saturated carbocycles. The van der Waals surface area contributed by atoms with Crippen LogP contribution in [0.4, 0.5) is 5.69 Å². The van der Waals surface area contributed by atoms with Gasteiger partial charge in [0.1, 0.15) is 0 Å². The summed E-state index contributed by atoms with van der Waals surface area (Å²) in [5, 5.41) is 2.83. The summed E-state index contributed by atoms with van der Waals surface area (Å²) in [6, 6.07) is 16.5. The van der Waals surface area contributed by atoms with Gasteiger partial charge in [-0.15, -0.1) is 0 Å². The van der Waals surface area contributed by atoms with E-state index < -0.39 is 10.0 Å². The zero-order chi connectivity index (χ0) is 16.9. The van der Waals surface area contributed by atoms with Crippen molar-refractivity contribution >= 4 is 21.6 Å². The smallest absolute Gasteiger partial charge is 0.253 e. The molecule has 2 rings (SSSR count). The third kappa shape index (κ3) is 4.56. The molecule has 0 spiro atoms. The van der Waals surface area contributed by atoms with E-state index in [0.29, 0.717) is 17.8 Å². The van der Waals surface area contributed by atoms with Crippen molar-refractivity contribution in [2.24, 2.45) is 0 Å². The van der Waals surface area contributed by atoms with Crippen molar-refractivity contribution in [1.82, 2.24) is 5.32 Å². The van der Waals surface area contributed by atoms with E-state index in [1.165, 1.54) is 7.05 Å². The van der Waals surface area contributed by atoms with E-state index in [1.54, 1.807) is 24.3 Å². The Morgan fingerprint density at radius 2 is 1.65 bits per heavy atom. The normalized spacial score (nSPS) is 11.0. The highest BCUT2D eigenvalue weighted by atomic mass is 32.2. The van der Waals surface area contributed by atoms with Crippen LogP contribution in [0.25, 0.3) is 0 Å². The molecule has 0 aromatic heterocycles. The van der Waals surface area contributed by atoms with Crippen LogP contribution in [-0.4, -0.2) is 34.2 Å². The van der Waals surface area contributed by atoms with Gasteiger partial charge in [-0.3, -0.25) is 9.10 Å². The van der Waals surface area contributed by atoms with Gasteiger partial charge in [-0.25, -0.2) is 8.42 Å². The lowest BCUT2D eigenvalue weighted by Gasteiger charge is -2.19. The predicted molar refractivity (Wildman–Crippen MR) is 92.2 cm³/mol. The first-order valence-electron chi connectivity index (χ1n) is 7.24. The van der Waals surface area contributed by atoms with Gasteiger partial charge in [0.15, 0.2) is 0 Å². The fraction of sp³-hybridized carbons (Fsp3) is 0.235. The van der Waals surface area contributed by atoms with E-state index in [4.69, 9.17) is 0 Å². The molecule has 0 saturated heterocycles. The average molecular weight is 332 g/mol. The molecule has 0 aliphatic carbocycles. The van der Waals surface area contributed by atoms with Crippen molar-refractivity contribution in [2.45, 2.75) is 6.42 Å². The Morgan fingerprint density at radius 1 is 1.04 bits per heavy atom. The first-order chi connectivity index (χ1) is 10.9. The lowest BCUT2D eigenvalue weighted by Crippen LogP contribution is -2.30. The van der Waals surface area contributed by atoms with Crippen LogP contribution in [0.1, 0.15) is 15.9 Å². The molecule has 23 heavy (non-hydrogen) atoms. The van der Waals surface area contributed by atoms with E-state index >= 15 is 0 Å². The Hall–Kier alpha value is -2.34. The average Bonchev–Trinajstić information content (AvgIpc) is 2.54. The number of anilines is 1. The molecule has 0 atom stereocenters. The maximum Gasteiger partial charge on any atom is 0.253 e. The van der Waals surface area contributed by atoms with Crippen molar-refractivity contribution in [2.75, 3.05) is 24.2 Å². The third-order valence-electron chi connectivity index (χ3n) is 3.53. The molecule has 0 bridgehead atoms. The zero-order valence-corrected chi connectivity index (χ0v) is 14.0. The Labute approximate surface area is 137 Å². The van der Waals surface area contributed by atoms with E-state index in [-0.39, 0.29) is 5.91 Å². The largest absolute Gasteiger partial charge is 0.352 e. The molecule has 1 N–H and O–H groups in total. The molecule has 2 aromatic carbocycles. The summed E-state index contributed by atoms with van der Waals surface area (Å²) in [7, 11) is -1.99. The molecule has 122 valence electrons. The van der Waals surface area contributed by atoms with Gasteiger partial charge in [0.25, 0.3) is 5.91 Å². The summed E-state index contributed by atoms with van der Waals surface area (Å²) in [6.45, 7) is 0.486. The molecular weight excluding hydrogens is 312 g/mol. The molecule has 0 heterocycles. The SMILES string of the molecule is CN(c1ccccc1C(=O)NCCc1ccccc1)S(C)(=O)=O. The third-order valence-corrected chi connectivity index (χ3v) is 4.72. The Balaban J connectivity index is 2.08. The van der Waals surface area contributed by atoms with Crippen LogP contribution in [0, 0.1) is 0 Å². The van der Waals surface area contributed by atoms with Crippen molar-refractivity contribution < 1.29 is 13.2 Å². The molecule has 6 heteroatoms. The van der Waals surface area contributed by atoms with Gasteiger partial charge in [0.2, 0.25) is 10.0 Å². The quantitative estimate of drug-likeness (QED) is 0.880. The Kier molecular flexibility index (Phi) is 5.39. The van der Waals surface area contributed by atoms with Gasteiger partial charge in [-0.05, 0) is 24.1 Å². The number of hydrogen-bond acceptors (Lipinski definition) is 3. The number of carbonyl (C=O) groups is 1. The number of amides is 1. The van der Waals surface area contributed by atoms with Crippen LogP contribution in [0.15, 0.2) is 54.6 Å². The van der Waals surface area contributed by atoms with Gasteiger partial charge in [-0.2, -0.15) is 0 Å².